The molecule has 3 heterocycles. The Bertz CT molecular complexity index is 988. The number of carbonyl (C=O) groups excluding carboxylic acids is 1. The lowest BCUT2D eigenvalue weighted by molar-refractivity contribution is -0.125. The van der Waals surface area contributed by atoms with Crippen LogP contribution in [0.15, 0.2) is 29.5 Å². The molecule has 3 aromatic rings. The summed E-state index contributed by atoms with van der Waals surface area (Å²) in [6.45, 7) is 1.92. The van der Waals surface area contributed by atoms with Gasteiger partial charge in [0.1, 0.15) is 15.6 Å². The summed E-state index contributed by atoms with van der Waals surface area (Å²) in [5.41, 5.74) is 0.502. The summed E-state index contributed by atoms with van der Waals surface area (Å²) in [5, 5.41) is 3.98. The highest BCUT2D eigenvalue weighted by Gasteiger charge is 2.25. The van der Waals surface area contributed by atoms with Gasteiger partial charge in [0.05, 0.1) is 11.8 Å². The average Bonchev–Trinajstić information content (AvgIpc) is 3.25. The van der Waals surface area contributed by atoms with E-state index in [0.717, 1.165) is 35.9 Å². The van der Waals surface area contributed by atoms with Crippen molar-refractivity contribution >= 4 is 37.7 Å². The molecule has 1 aliphatic carbocycles. The highest BCUT2D eigenvalue weighted by molar-refractivity contribution is 7.25. The number of carbonyl (C=O) groups is 1. The summed E-state index contributed by atoms with van der Waals surface area (Å²) in [6, 6.07) is 3.47. The SMILES string of the molecule is CCC(C(=O)NC1CCCC1)n1cnc2c(sc3ncccc32)c1=O. The molecular formula is C18H20N4O2S. The summed E-state index contributed by atoms with van der Waals surface area (Å²) >= 11 is 1.34. The van der Waals surface area contributed by atoms with Crippen molar-refractivity contribution in [3.8, 4) is 0 Å². The van der Waals surface area contributed by atoms with Gasteiger partial charge < -0.3 is 5.32 Å². The zero-order chi connectivity index (χ0) is 17.4. The van der Waals surface area contributed by atoms with Gasteiger partial charge >= 0.3 is 0 Å². The van der Waals surface area contributed by atoms with Crippen LogP contribution in [-0.2, 0) is 4.79 Å². The highest BCUT2D eigenvalue weighted by Crippen LogP contribution is 2.28. The lowest BCUT2D eigenvalue weighted by atomic mass is 10.1. The molecule has 0 radical (unpaired) electrons. The van der Waals surface area contributed by atoms with Crippen molar-refractivity contribution < 1.29 is 4.79 Å². The lowest BCUT2D eigenvalue weighted by Crippen LogP contribution is -2.41. The van der Waals surface area contributed by atoms with Crippen molar-refractivity contribution in [3.05, 3.63) is 35.0 Å². The van der Waals surface area contributed by atoms with Crippen LogP contribution >= 0.6 is 11.3 Å². The first-order valence-corrected chi connectivity index (χ1v) is 9.55. The van der Waals surface area contributed by atoms with Crippen LogP contribution in [0, 0.1) is 0 Å². The second-order valence-electron chi connectivity index (χ2n) is 6.51. The number of thiophene rings is 1. The Morgan fingerprint density at radius 2 is 2.20 bits per heavy atom. The lowest BCUT2D eigenvalue weighted by Gasteiger charge is -2.20. The minimum absolute atomic E-state index is 0.0862. The zero-order valence-corrected chi connectivity index (χ0v) is 14.9. The second-order valence-corrected chi connectivity index (χ2v) is 7.51. The third-order valence-electron chi connectivity index (χ3n) is 4.91. The van der Waals surface area contributed by atoms with E-state index in [9.17, 15) is 9.59 Å². The first-order chi connectivity index (χ1) is 12.2. The standard InChI is InChI=1S/C18H20N4O2S/c1-2-13(16(23)21-11-6-3-4-7-11)22-10-20-14-12-8-5-9-19-17(12)25-15(14)18(22)24/h5,8-11,13H,2-4,6-7H2,1H3,(H,21,23). The van der Waals surface area contributed by atoms with Crippen LogP contribution in [0.1, 0.15) is 45.1 Å². The van der Waals surface area contributed by atoms with Crippen LogP contribution in [0.3, 0.4) is 0 Å². The minimum atomic E-state index is -0.525. The Kier molecular flexibility index (Phi) is 4.25. The summed E-state index contributed by atoms with van der Waals surface area (Å²) < 4.78 is 2.03. The molecule has 0 aliphatic heterocycles. The van der Waals surface area contributed by atoms with Crippen LogP contribution in [0.25, 0.3) is 20.4 Å². The van der Waals surface area contributed by atoms with Crippen LogP contribution < -0.4 is 10.9 Å². The van der Waals surface area contributed by atoms with Gasteiger partial charge in [0.2, 0.25) is 5.91 Å². The zero-order valence-electron chi connectivity index (χ0n) is 14.1. The number of rotatable bonds is 4. The minimum Gasteiger partial charge on any atom is -0.352 e. The van der Waals surface area contributed by atoms with Crippen molar-refractivity contribution in [2.45, 2.75) is 51.1 Å². The van der Waals surface area contributed by atoms with Crippen molar-refractivity contribution in [2.75, 3.05) is 0 Å². The van der Waals surface area contributed by atoms with E-state index >= 15 is 0 Å². The number of nitrogens with zero attached hydrogens (tertiary/aromatic N) is 3. The molecular weight excluding hydrogens is 336 g/mol. The van der Waals surface area contributed by atoms with Crippen LogP contribution in [0.4, 0.5) is 0 Å². The molecule has 25 heavy (non-hydrogen) atoms. The van der Waals surface area contributed by atoms with E-state index in [-0.39, 0.29) is 17.5 Å². The topological polar surface area (TPSA) is 76.9 Å². The van der Waals surface area contributed by atoms with E-state index in [2.05, 4.69) is 15.3 Å². The van der Waals surface area contributed by atoms with Gasteiger partial charge in [-0.05, 0) is 31.4 Å². The van der Waals surface area contributed by atoms with E-state index in [1.54, 1.807) is 6.20 Å². The fraction of sp³-hybridized carbons (Fsp3) is 0.444. The molecule has 0 saturated heterocycles. The maximum atomic E-state index is 13.0. The van der Waals surface area contributed by atoms with E-state index in [1.807, 2.05) is 19.1 Å². The number of aromatic nitrogens is 3. The molecule has 3 aromatic heterocycles. The van der Waals surface area contributed by atoms with Gasteiger partial charge in [-0.1, -0.05) is 19.8 Å². The van der Waals surface area contributed by atoms with Gasteiger partial charge in [0, 0.05) is 17.6 Å². The third kappa shape index (κ3) is 2.82. The molecule has 1 atom stereocenters. The van der Waals surface area contributed by atoms with Crippen molar-refractivity contribution in [1.82, 2.24) is 19.9 Å². The molecule has 1 amide bonds. The quantitative estimate of drug-likeness (QED) is 0.779. The molecule has 0 aromatic carbocycles. The van der Waals surface area contributed by atoms with E-state index in [0.29, 0.717) is 16.6 Å². The van der Waals surface area contributed by atoms with Crippen molar-refractivity contribution in [3.63, 3.8) is 0 Å². The maximum Gasteiger partial charge on any atom is 0.272 e. The van der Waals surface area contributed by atoms with Crippen molar-refractivity contribution in [2.24, 2.45) is 0 Å². The molecule has 0 spiro atoms. The third-order valence-corrected chi connectivity index (χ3v) is 6.00. The maximum absolute atomic E-state index is 13.0. The van der Waals surface area contributed by atoms with Crippen LogP contribution in [-0.4, -0.2) is 26.5 Å². The molecule has 6 nitrogen and oxygen atoms in total. The molecule has 1 fully saturated rings. The van der Waals surface area contributed by atoms with Gasteiger partial charge in [0.15, 0.2) is 0 Å². The molecule has 7 heteroatoms. The molecule has 1 saturated carbocycles. The molecule has 1 unspecified atom stereocenters. The van der Waals surface area contributed by atoms with Gasteiger partial charge in [-0.3, -0.25) is 14.2 Å². The number of fused-ring (bicyclic) bond motifs is 3. The van der Waals surface area contributed by atoms with E-state index < -0.39 is 6.04 Å². The number of amides is 1. The fourth-order valence-electron chi connectivity index (χ4n) is 3.58. The first-order valence-electron chi connectivity index (χ1n) is 8.73. The summed E-state index contributed by atoms with van der Waals surface area (Å²) in [4.78, 5) is 35.2. The summed E-state index contributed by atoms with van der Waals surface area (Å²) in [6.07, 6.45) is 8.13. The molecule has 1 aliphatic rings. The predicted octanol–water partition coefficient (Wildman–Crippen LogP) is 3.02. The fourth-order valence-corrected chi connectivity index (χ4v) is 4.61. The predicted molar refractivity (Wildman–Crippen MR) is 98.9 cm³/mol. The Hall–Kier alpha value is -2.28. The highest BCUT2D eigenvalue weighted by atomic mass is 32.1. The van der Waals surface area contributed by atoms with E-state index in [4.69, 9.17) is 0 Å². The van der Waals surface area contributed by atoms with Crippen molar-refractivity contribution in [1.29, 1.82) is 0 Å². The normalized spacial score (nSPS) is 16.5. The largest absolute Gasteiger partial charge is 0.352 e. The Morgan fingerprint density at radius 3 is 2.96 bits per heavy atom. The van der Waals surface area contributed by atoms with Gasteiger partial charge in [-0.25, -0.2) is 9.97 Å². The monoisotopic (exact) mass is 356 g/mol. The van der Waals surface area contributed by atoms with Gasteiger partial charge in [-0.15, -0.1) is 11.3 Å². The Balaban J connectivity index is 1.73. The van der Waals surface area contributed by atoms with Gasteiger partial charge in [0.25, 0.3) is 5.56 Å². The molecule has 0 bridgehead atoms. The summed E-state index contributed by atoms with van der Waals surface area (Å²) in [5.74, 6) is -0.0862. The molecule has 130 valence electrons. The number of nitrogens with one attached hydrogen (secondary N) is 1. The number of hydrogen-bond acceptors (Lipinski definition) is 5. The Labute approximate surface area is 148 Å². The van der Waals surface area contributed by atoms with Gasteiger partial charge in [-0.2, -0.15) is 0 Å². The number of hydrogen-bond donors (Lipinski definition) is 1. The molecule has 4 rings (SSSR count). The smallest absolute Gasteiger partial charge is 0.272 e. The second kappa shape index (κ2) is 6.55. The molecule has 1 N–H and O–H groups in total. The average molecular weight is 356 g/mol. The summed E-state index contributed by atoms with van der Waals surface area (Å²) in [7, 11) is 0. The first kappa shape index (κ1) is 16.2. The Morgan fingerprint density at radius 1 is 1.40 bits per heavy atom. The van der Waals surface area contributed by atoms with Crippen LogP contribution in [0.2, 0.25) is 0 Å². The van der Waals surface area contributed by atoms with E-state index in [1.165, 1.54) is 22.2 Å². The number of pyridine rings is 1. The van der Waals surface area contributed by atoms with Crippen LogP contribution in [0.5, 0.6) is 0 Å².